The third-order valence-electron chi connectivity index (χ3n) is 2.93. The van der Waals surface area contributed by atoms with Gasteiger partial charge in [-0.25, -0.2) is 4.98 Å². The van der Waals surface area contributed by atoms with Crippen LogP contribution in [0.15, 0.2) is 27.1 Å². The van der Waals surface area contributed by atoms with Crippen molar-refractivity contribution in [3.63, 3.8) is 0 Å². The van der Waals surface area contributed by atoms with Crippen LogP contribution < -0.4 is 5.73 Å². The van der Waals surface area contributed by atoms with E-state index in [-0.39, 0.29) is 12.0 Å². The lowest BCUT2D eigenvalue weighted by Crippen LogP contribution is -2.10. The molecule has 0 saturated heterocycles. The highest BCUT2D eigenvalue weighted by Crippen LogP contribution is 2.28. The van der Waals surface area contributed by atoms with E-state index in [0.29, 0.717) is 17.6 Å². The highest BCUT2D eigenvalue weighted by molar-refractivity contribution is 5.78. The van der Waals surface area contributed by atoms with Crippen LogP contribution in [-0.4, -0.2) is 15.1 Å². The van der Waals surface area contributed by atoms with E-state index in [1.807, 2.05) is 18.2 Å². The van der Waals surface area contributed by atoms with Crippen molar-refractivity contribution in [1.29, 1.82) is 0 Å². The summed E-state index contributed by atoms with van der Waals surface area (Å²) in [7, 11) is 0. The molecule has 0 saturated carbocycles. The minimum Gasteiger partial charge on any atom is -0.440 e. The maximum absolute atomic E-state index is 5.75. The second-order valence-electron chi connectivity index (χ2n) is 5.67. The van der Waals surface area contributed by atoms with Crippen LogP contribution in [0.25, 0.3) is 22.5 Å². The Bertz CT molecular complexity index is 752. The average Bonchev–Trinajstić information content (AvgIpc) is 3.03. The summed E-state index contributed by atoms with van der Waals surface area (Å²) in [6.07, 6.45) is 0. The summed E-state index contributed by atoms with van der Waals surface area (Å²) in [5.74, 6) is 1.63. The molecule has 6 heteroatoms. The topological polar surface area (TPSA) is 91.0 Å². The standard InChI is InChI=1S/C14H16N4O2/c1-14(2,3)13-16-9-6-8(4-5-10(9)19-13)12-17-11(7-15)20-18-12/h4-6H,7,15H2,1-3H3. The molecule has 1 aromatic carbocycles. The molecule has 0 aliphatic carbocycles. The van der Waals surface area contributed by atoms with Crippen LogP contribution in [0.5, 0.6) is 0 Å². The molecule has 0 amide bonds. The van der Waals surface area contributed by atoms with Gasteiger partial charge in [-0.05, 0) is 18.2 Å². The molecule has 0 aliphatic rings. The van der Waals surface area contributed by atoms with E-state index < -0.39 is 0 Å². The van der Waals surface area contributed by atoms with Gasteiger partial charge in [-0.15, -0.1) is 0 Å². The van der Waals surface area contributed by atoms with Gasteiger partial charge in [-0.1, -0.05) is 25.9 Å². The summed E-state index contributed by atoms with van der Waals surface area (Å²) in [5.41, 5.74) is 7.70. The average molecular weight is 272 g/mol. The van der Waals surface area contributed by atoms with E-state index in [0.717, 1.165) is 16.7 Å². The van der Waals surface area contributed by atoms with Crippen molar-refractivity contribution in [3.05, 3.63) is 30.0 Å². The maximum Gasteiger partial charge on any atom is 0.240 e. The van der Waals surface area contributed by atoms with Gasteiger partial charge < -0.3 is 14.7 Å². The number of hydrogen-bond donors (Lipinski definition) is 1. The van der Waals surface area contributed by atoms with Crippen LogP contribution in [-0.2, 0) is 12.0 Å². The fraction of sp³-hybridized carbons (Fsp3) is 0.357. The monoisotopic (exact) mass is 272 g/mol. The quantitative estimate of drug-likeness (QED) is 0.771. The Morgan fingerprint density at radius 2 is 2.00 bits per heavy atom. The Morgan fingerprint density at radius 3 is 2.65 bits per heavy atom. The van der Waals surface area contributed by atoms with Crippen molar-refractivity contribution in [3.8, 4) is 11.4 Å². The van der Waals surface area contributed by atoms with Gasteiger partial charge in [0.15, 0.2) is 5.58 Å². The fourth-order valence-electron chi connectivity index (χ4n) is 1.84. The summed E-state index contributed by atoms with van der Waals surface area (Å²) in [6, 6.07) is 5.63. The highest BCUT2D eigenvalue weighted by Gasteiger charge is 2.21. The lowest BCUT2D eigenvalue weighted by Gasteiger charge is -2.11. The zero-order valence-electron chi connectivity index (χ0n) is 11.7. The third kappa shape index (κ3) is 2.18. The van der Waals surface area contributed by atoms with Gasteiger partial charge in [0.1, 0.15) is 5.52 Å². The third-order valence-corrected chi connectivity index (χ3v) is 2.93. The predicted molar refractivity (Wildman–Crippen MR) is 73.9 cm³/mol. The Kier molecular flexibility index (Phi) is 2.83. The number of rotatable bonds is 2. The first-order valence-electron chi connectivity index (χ1n) is 6.41. The van der Waals surface area contributed by atoms with Gasteiger partial charge in [-0.3, -0.25) is 0 Å². The van der Waals surface area contributed by atoms with Gasteiger partial charge >= 0.3 is 0 Å². The summed E-state index contributed by atoms with van der Waals surface area (Å²) in [6.45, 7) is 6.41. The number of nitrogens with two attached hydrogens (primary N) is 1. The molecule has 2 aromatic heterocycles. The van der Waals surface area contributed by atoms with E-state index in [1.54, 1.807) is 0 Å². The number of fused-ring (bicyclic) bond motifs is 1. The molecule has 0 radical (unpaired) electrons. The van der Waals surface area contributed by atoms with Gasteiger partial charge in [0.25, 0.3) is 0 Å². The van der Waals surface area contributed by atoms with E-state index in [1.165, 1.54) is 0 Å². The van der Waals surface area contributed by atoms with Crippen LogP contribution in [0.1, 0.15) is 32.6 Å². The van der Waals surface area contributed by atoms with Gasteiger partial charge in [0, 0.05) is 11.0 Å². The molecule has 0 spiro atoms. The van der Waals surface area contributed by atoms with Crippen molar-refractivity contribution in [1.82, 2.24) is 15.1 Å². The molecule has 6 nitrogen and oxygen atoms in total. The predicted octanol–water partition coefficient (Wildman–Crippen LogP) is 2.63. The zero-order valence-corrected chi connectivity index (χ0v) is 11.7. The van der Waals surface area contributed by atoms with Crippen LogP contribution in [0.4, 0.5) is 0 Å². The minimum absolute atomic E-state index is 0.127. The molecule has 3 aromatic rings. The highest BCUT2D eigenvalue weighted by atomic mass is 16.5. The van der Waals surface area contributed by atoms with E-state index in [2.05, 4.69) is 35.9 Å². The van der Waals surface area contributed by atoms with Gasteiger partial charge in [0.2, 0.25) is 17.6 Å². The van der Waals surface area contributed by atoms with E-state index >= 15 is 0 Å². The fourth-order valence-corrected chi connectivity index (χ4v) is 1.84. The largest absolute Gasteiger partial charge is 0.440 e. The molecule has 0 unspecified atom stereocenters. The van der Waals surface area contributed by atoms with Crippen LogP contribution in [0, 0.1) is 0 Å². The first-order valence-corrected chi connectivity index (χ1v) is 6.41. The normalized spacial score (nSPS) is 12.2. The second-order valence-corrected chi connectivity index (χ2v) is 5.67. The summed E-state index contributed by atoms with van der Waals surface area (Å²) >= 11 is 0. The molecule has 0 fully saturated rings. The molecular weight excluding hydrogens is 256 g/mol. The lowest BCUT2D eigenvalue weighted by atomic mass is 9.97. The number of oxazole rings is 1. The number of aromatic nitrogens is 3. The van der Waals surface area contributed by atoms with Crippen LogP contribution in [0.2, 0.25) is 0 Å². The Balaban J connectivity index is 2.06. The number of benzene rings is 1. The van der Waals surface area contributed by atoms with Crippen LogP contribution in [0.3, 0.4) is 0 Å². The zero-order chi connectivity index (χ0) is 14.3. The van der Waals surface area contributed by atoms with Crippen molar-refractivity contribution in [2.75, 3.05) is 0 Å². The lowest BCUT2D eigenvalue weighted by molar-refractivity contribution is 0.380. The smallest absolute Gasteiger partial charge is 0.240 e. The minimum atomic E-state index is -0.127. The van der Waals surface area contributed by atoms with E-state index in [9.17, 15) is 0 Å². The van der Waals surface area contributed by atoms with Gasteiger partial charge in [-0.2, -0.15) is 4.98 Å². The summed E-state index contributed by atoms with van der Waals surface area (Å²) in [4.78, 5) is 8.72. The molecule has 2 N–H and O–H groups in total. The summed E-state index contributed by atoms with van der Waals surface area (Å²) < 4.78 is 10.8. The first-order chi connectivity index (χ1) is 9.47. The molecule has 20 heavy (non-hydrogen) atoms. The van der Waals surface area contributed by atoms with Crippen molar-refractivity contribution >= 4 is 11.1 Å². The molecule has 0 atom stereocenters. The molecule has 104 valence electrons. The Labute approximate surface area is 116 Å². The van der Waals surface area contributed by atoms with Crippen molar-refractivity contribution in [2.24, 2.45) is 5.73 Å². The first kappa shape index (κ1) is 12.8. The maximum atomic E-state index is 5.75. The van der Waals surface area contributed by atoms with Gasteiger partial charge in [0.05, 0.1) is 6.54 Å². The van der Waals surface area contributed by atoms with Crippen LogP contribution >= 0.6 is 0 Å². The molecule has 3 rings (SSSR count). The molecule has 0 bridgehead atoms. The van der Waals surface area contributed by atoms with Crippen molar-refractivity contribution in [2.45, 2.75) is 32.7 Å². The Morgan fingerprint density at radius 1 is 1.20 bits per heavy atom. The SMILES string of the molecule is CC(C)(C)c1nc2cc(-c3noc(CN)n3)ccc2o1. The second kappa shape index (κ2) is 4.42. The number of hydrogen-bond acceptors (Lipinski definition) is 6. The summed E-state index contributed by atoms with van der Waals surface area (Å²) in [5, 5.41) is 3.90. The Hall–Kier alpha value is -2.21. The molecular formula is C14H16N4O2. The number of nitrogens with zero attached hydrogens (tertiary/aromatic N) is 3. The molecule has 2 heterocycles. The van der Waals surface area contributed by atoms with Crippen molar-refractivity contribution < 1.29 is 8.94 Å². The molecule has 0 aliphatic heterocycles. The van der Waals surface area contributed by atoms with E-state index in [4.69, 9.17) is 14.7 Å².